The van der Waals surface area contributed by atoms with Crippen LogP contribution in [0.2, 0.25) is 0 Å². The Hall–Kier alpha value is -1.91. The van der Waals surface area contributed by atoms with Gasteiger partial charge < -0.3 is 18.9 Å². The van der Waals surface area contributed by atoms with Gasteiger partial charge in [0.2, 0.25) is 5.75 Å². The first-order chi connectivity index (χ1) is 13.0. The summed E-state index contributed by atoms with van der Waals surface area (Å²) in [4.78, 5) is 10.7. The lowest BCUT2D eigenvalue weighted by atomic mass is 9.99. The SMILES string of the molecule is COc1cc(C)c(CCCCCCCCCCOC(C)=O)c(OC)c1OC. The third-order valence-corrected chi connectivity index (χ3v) is 4.78. The van der Waals surface area contributed by atoms with Gasteiger partial charge >= 0.3 is 5.97 Å². The number of aryl methyl sites for hydroxylation is 1. The highest BCUT2D eigenvalue weighted by molar-refractivity contribution is 5.65. The molecule has 1 aromatic carbocycles. The van der Waals surface area contributed by atoms with E-state index in [1.165, 1.54) is 50.2 Å². The Morgan fingerprint density at radius 1 is 0.815 bits per heavy atom. The predicted octanol–water partition coefficient (Wildman–Crippen LogP) is 5.25. The Bertz CT molecular complexity index is 568. The van der Waals surface area contributed by atoms with Crippen LogP contribution in [0.1, 0.15) is 69.4 Å². The van der Waals surface area contributed by atoms with Crippen LogP contribution in [0, 0.1) is 6.92 Å². The van der Waals surface area contributed by atoms with Gasteiger partial charge in [0, 0.05) is 12.5 Å². The lowest BCUT2D eigenvalue weighted by Crippen LogP contribution is -2.02. The highest BCUT2D eigenvalue weighted by atomic mass is 16.5. The van der Waals surface area contributed by atoms with Gasteiger partial charge in [-0.3, -0.25) is 4.79 Å². The minimum Gasteiger partial charge on any atom is -0.493 e. The zero-order chi connectivity index (χ0) is 20.1. The molecule has 154 valence electrons. The number of hydrogen-bond donors (Lipinski definition) is 0. The molecule has 0 bridgehead atoms. The van der Waals surface area contributed by atoms with Crippen LogP contribution in [-0.4, -0.2) is 33.9 Å². The summed E-state index contributed by atoms with van der Waals surface area (Å²) in [7, 11) is 4.97. The minimum atomic E-state index is -0.184. The standard InChI is InChI=1S/C22H36O5/c1-17-16-20(24-3)22(26-5)21(25-4)19(17)14-12-10-8-6-7-9-11-13-15-27-18(2)23/h16H,6-15H2,1-5H3. The van der Waals surface area contributed by atoms with Crippen molar-refractivity contribution in [1.29, 1.82) is 0 Å². The van der Waals surface area contributed by atoms with Gasteiger partial charge in [-0.1, -0.05) is 38.5 Å². The highest BCUT2D eigenvalue weighted by Gasteiger charge is 2.18. The van der Waals surface area contributed by atoms with E-state index in [1.54, 1.807) is 21.3 Å². The number of carbonyl (C=O) groups excluding carboxylic acids is 1. The number of hydrogen-bond acceptors (Lipinski definition) is 5. The van der Waals surface area contributed by atoms with Crippen LogP contribution < -0.4 is 14.2 Å². The second-order valence-electron chi connectivity index (χ2n) is 6.86. The highest BCUT2D eigenvalue weighted by Crippen LogP contribution is 2.42. The van der Waals surface area contributed by atoms with Crippen molar-refractivity contribution in [2.75, 3.05) is 27.9 Å². The number of benzene rings is 1. The number of methoxy groups -OCH3 is 3. The Morgan fingerprint density at radius 2 is 1.37 bits per heavy atom. The molecule has 0 radical (unpaired) electrons. The van der Waals surface area contributed by atoms with E-state index in [0.717, 1.165) is 31.4 Å². The lowest BCUT2D eigenvalue weighted by molar-refractivity contribution is -0.141. The predicted molar refractivity (Wildman–Crippen MR) is 108 cm³/mol. The maximum absolute atomic E-state index is 10.7. The number of unbranched alkanes of at least 4 members (excludes halogenated alkanes) is 7. The first kappa shape index (κ1) is 23.1. The van der Waals surface area contributed by atoms with Gasteiger partial charge in [0.15, 0.2) is 11.5 Å². The molecule has 1 aromatic rings. The fourth-order valence-corrected chi connectivity index (χ4v) is 3.33. The van der Waals surface area contributed by atoms with Gasteiger partial charge in [-0.2, -0.15) is 0 Å². The summed E-state index contributed by atoms with van der Waals surface area (Å²) < 4.78 is 21.4. The van der Waals surface area contributed by atoms with Gasteiger partial charge in [-0.25, -0.2) is 0 Å². The average molecular weight is 381 g/mol. The lowest BCUT2D eigenvalue weighted by Gasteiger charge is -2.18. The summed E-state index contributed by atoms with van der Waals surface area (Å²) in [6.07, 6.45) is 10.4. The summed E-state index contributed by atoms with van der Waals surface area (Å²) in [5.41, 5.74) is 2.39. The Morgan fingerprint density at radius 3 is 1.89 bits per heavy atom. The van der Waals surface area contributed by atoms with Crippen molar-refractivity contribution < 1.29 is 23.7 Å². The molecule has 0 unspecified atom stereocenters. The molecule has 0 saturated heterocycles. The second kappa shape index (κ2) is 13.3. The van der Waals surface area contributed by atoms with E-state index < -0.39 is 0 Å². The molecule has 0 aliphatic carbocycles. The summed E-state index contributed by atoms with van der Waals surface area (Å²) in [5, 5.41) is 0. The topological polar surface area (TPSA) is 54.0 Å². The molecule has 5 heteroatoms. The summed E-state index contributed by atoms with van der Waals surface area (Å²) in [5.74, 6) is 2.00. The molecule has 0 aliphatic heterocycles. The van der Waals surface area contributed by atoms with Crippen LogP contribution in [0.25, 0.3) is 0 Å². The summed E-state index contributed by atoms with van der Waals surface area (Å²) >= 11 is 0. The number of esters is 1. The van der Waals surface area contributed by atoms with E-state index in [2.05, 4.69) is 6.92 Å². The van der Waals surface area contributed by atoms with Crippen LogP contribution in [-0.2, 0) is 16.0 Å². The summed E-state index contributed by atoms with van der Waals surface area (Å²) in [6.45, 7) is 4.11. The third kappa shape index (κ3) is 8.10. The maximum atomic E-state index is 10.7. The van der Waals surface area contributed by atoms with Crippen LogP contribution in [0.3, 0.4) is 0 Å². The first-order valence-electron chi connectivity index (χ1n) is 9.96. The van der Waals surface area contributed by atoms with Crippen LogP contribution in [0.4, 0.5) is 0 Å². The molecule has 1 rings (SSSR count). The Balaban J connectivity index is 2.29. The van der Waals surface area contributed by atoms with E-state index in [-0.39, 0.29) is 5.97 Å². The van der Waals surface area contributed by atoms with Gasteiger partial charge in [-0.15, -0.1) is 0 Å². The molecule has 5 nitrogen and oxygen atoms in total. The fourth-order valence-electron chi connectivity index (χ4n) is 3.33. The molecule has 0 atom stereocenters. The van der Waals surface area contributed by atoms with Crippen molar-refractivity contribution in [3.8, 4) is 17.2 Å². The molecule has 0 N–H and O–H groups in total. The quantitative estimate of drug-likeness (QED) is 0.326. The Kier molecular flexibility index (Phi) is 11.4. The molecule has 0 saturated carbocycles. The average Bonchev–Trinajstić information content (AvgIpc) is 2.65. The molecule has 0 fully saturated rings. The van der Waals surface area contributed by atoms with Crippen molar-refractivity contribution in [3.05, 3.63) is 17.2 Å². The summed E-state index contributed by atoms with van der Waals surface area (Å²) in [6, 6.07) is 2.02. The molecular weight excluding hydrogens is 344 g/mol. The molecule has 0 aliphatic rings. The molecule has 0 aromatic heterocycles. The van der Waals surface area contributed by atoms with E-state index >= 15 is 0 Å². The van der Waals surface area contributed by atoms with Crippen molar-refractivity contribution >= 4 is 5.97 Å². The molecular formula is C22H36O5. The fraction of sp³-hybridized carbons (Fsp3) is 0.682. The van der Waals surface area contributed by atoms with Crippen molar-refractivity contribution in [2.24, 2.45) is 0 Å². The van der Waals surface area contributed by atoms with E-state index in [1.807, 2.05) is 6.07 Å². The van der Waals surface area contributed by atoms with E-state index in [0.29, 0.717) is 18.1 Å². The number of carbonyl (C=O) groups is 1. The number of rotatable bonds is 14. The first-order valence-corrected chi connectivity index (χ1v) is 9.96. The normalized spacial score (nSPS) is 10.6. The molecule has 0 amide bonds. The Labute approximate surface area is 164 Å². The smallest absolute Gasteiger partial charge is 0.302 e. The van der Waals surface area contributed by atoms with Crippen molar-refractivity contribution in [3.63, 3.8) is 0 Å². The second-order valence-corrected chi connectivity index (χ2v) is 6.86. The van der Waals surface area contributed by atoms with Crippen molar-refractivity contribution in [2.45, 2.75) is 71.6 Å². The van der Waals surface area contributed by atoms with E-state index in [4.69, 9.17) is 18.9 Å². The zero-order valence-corrected chi connectivity index (χ0v) is 17.7. The van der Waals surface area contributed by atoms with Crippen LogP contribution >= 0.6 is 0 Å². The molecule has 0 spiro atoms. The van der Waals surface area contributed by atoms with E-state index in [9.17, 15) is 4.79 Å². The van der Waals surface area contributed by atoms with Gasteiger partial charge in [-0.05, 0) is 37.8 Å². The number of ether oxygens (including phenoxy) is 4. The van der Waals surface area contributed by atoms with Crippen LogP contribution in [0.5, 0.6) is 17.2 Å². The monoisotopic (exact) mass is 380 g/mol. The maximum Gasteiger partial charge on any atom is 0.302 e. The largest absolute Gasteiger partial charge is 0.493 e. The zero-order valence-electron chi connectivity index (χ0n) is 17.7. The third-order valence-electron chi connectivity index (χ3n) is 4.78. The molecule has 27 heavy (non-hydrogen) atoms. The minimum absolute atomic E-state index is 0.184. The van der Waals surface area contributed by atoms with Gasteiger partial charge in [0.25, 0.3) is 0 Å². The van der Waals surface area contributed by atoms with Crippen LogP contribution in [0.15, 0.2) is 6.07 Å². The van der Waals surface area contributed by atoms with Gasteiger partial charge in [0.05, 0.1) is 27.9 Å². The molecule has 0 heterocycles. The van der Waals surface area contributed by atoms with Gasteiger partial charge in [0.1, 0.15) is 0 Å². The van der Waals surface area contributed by atoms with Crippen molar-refractivity contribution in [1.82, 2.24) is 0 Å².